The summed E-state index contributed by atoms with van der Waals surface area (Å²) in [7, 11) is 0. The zero-order chi connectivity index (χ0) is 12.4. The lowest BCUT2D eigenvalue weighted by molar-refractivity contribution is 0.437. The van der Waals surface area contributed by atoms with Gasteiger partial charge in [-0.25, -0.2) is 23.1 Å². The van der Waals surface area contributed by atoms with Crippen molar-refractivity contribution in [1.29, 1.82) is 0 Å². The van der Waals surface area contributed by atoms with Gasteiger partial charge in [0.05, 0.1) is 6.04 Å². The van der Waals surface area contributed by atoms with Crippen LogP contribution in [0, 0.1) is 17.5 Å². The summed E-state index contributed by atoms with van der Waals surface area (Å²) in [6.07, 6.45) is 2.86. The van der Waals surface area contributed by atoms with Crippen LogP contribution < -0.4 is 5.73 Å². The highest BCUT2D eigenvalue weighted by Crippen LogP contribution is 2.22. The maximum absolute atomic E-state index is 13.4. The van der Waals surface area contributed by atoms with Crippen LogP contribution in [-0.4, -0.2) is 9.97 Å². The zero-order valence-corrected chi connectivity index (χ0v) is 8.57. The van der Waals surface area contributed by atoms with Gasteiger partial charge in [0, 0.05) is 18.0 Å². The molecule has 0 aliphatic heterocycles. The molecule has 3 nitrogen and oxygen atoms in total. The van der Waals surface area contributed by atoms with E-state index in [0.29, 0.717) is 0 Å². The molecule has 0 radical (unpaired) electrons. The maximum atomic E-state index is 13.4. The van der Waals surface area contributed by atoms with E-state index in [-0.39, 0.29) is 11.4 Å². The van der Waals surface area contributed by atoms with Gasteiger partial charge in [-0.05, 0) is 12.1 Å². The third-order valence-corrected chi connectivity index (χ3v) is 2.26. The number of halogens is 3. The molecule has 0 bridgehead atoms. The summed E-state index contributed by atoms with van der Waals surface area (Å²) in [5, 5.41) is 0. The molecule has 0 saturated carbocycles. The Balaban J connectivity index is 2.45. The van der Waals surface area contributed by atoms with Crippen LogP contribution in [-0.2, 0) is 0 Å². The van der Waals surface area contributed by atoms with E-state index in [4.69, 9.17) is 5.73 Å². The Labute approximate surface area is 95.1 Å². The van der Waals surface area contributed by atoms with Crippen LogP contribution in [0.1, 0.15) is 17.4 Å². The lowest BCUT2D eigenvalue weighted by Gasteiger charge is -2.11. The van der Waals surface area contributed by atoms with E-state index in [1.807, 2.05) is 0 Å². The zero-order valence-electron chi connectivity index (χ0n) is 8.57. The smallest absolute Gasteiger partial charge is 0.194 e. The third kappa shape index (κ3) is 2.12. The number of rotatable bonds is 2. The predicted octanol–water partition coefficient (Wildman–Crippen LogP) is 1.94. The van der Waals surface area contributed by atoms with E-state index in [2.05, 4.69) is 9.97 Å². The number of hydrogen-bond donors (Lipinski definition) is 1. The van der Waals surface area contributed by atoms with Crippen LogP contribution in [0.5, 0.6) is 0 Å². The first-order valence-corrected chi connectivity index (χ1v) is 4.77. The second kappa shape index (κ2) is 4.50. The molecule has 0 amide bonds. The van der Waals surface area contributed by atoms with Crippen molar-refractivity contribution >= 4 is 0 Å². The van der Waals surface area contributed by atoms with Crippen LogP contribution >= 0.6 is 0 Å². The van der Waals surface area contributed by atoms with Crippen molar-refractivity contribution in [2.24, 2.45) is 5.73 Å². The van der Waals surface area contributed by atoms with Gasteiger partial charge in [-0.1, -0.05) is 6.07 Å². The largest absolute Gasteiger partial charge is 0.318 e. The van der Waals surface area contributed by atoms with E-state index in [1.54, 1.807) is 6.07 Å². The fraction of sp³-hybridized carbons (Fsp3) is 0.0909. The van der Waals surface area contributed by atoms with Gasteiger partial charge in [0.1, 0.15) is 5.82 Å². The monoisotopic (exact) mass is 239 g/mol. The van der Waals surface area contributed by atoms with Gasteiger partial charge in [0.15, 0.2) is 17.5 Å². The molecule has 1 unspecified atom stereocenters. The Morgan fingerprint density at radius 1 is 1.00 bits per heavy atom. The molecule has 1 aromatic carbocycles. The summed E-state index contributed by atoms with van der Waals surface area (Å²) < 4.78 is 39.2. The molecule has 0 saturated heterocycles. The highest BCUT2D eigenvalue weighted by Gasteiger charge is 2.20. The molecule has 6 heteroatoms. The van der Waals surface area contributed by atoms with E-state index in [1.165, 1.54) is 12.4 Å². The molecule has 17 heavy (non-hydrogen) atoms. The number of nitrogens with two attached hydrogens (primary N) is 1. The molecule has 0 spiro atoms. The second-order valence-electron chi connectivity index (χ2n) is 3.35. The van der Waals surface area contributed by atoms with Crippen molar-refractivity contribution < 1.29 is 13.2 Å². The van der Waals surface area contributed by atoms with Gasteiger partial charge < -0.3 is 5.73 Å². The van der Waals surface area contributed by atoms with E-state index in [0.717, 1.165) is 12.1 Å². The standard InChI is InChI=1S/C11H8F3N3/c12-7-3-2-6(8(13)9(7)14)10(15)11-16-4-1-5-17-11/h1-5,10H,15H2. The van der Waals surface area contributed by atoms with E-state index < -0.39 is 23.5 Å². The maximum Gasteiger partial charge on any atom is 0.194 e. The highest BCUT2D eigenvalue weighted by atomic mass is 19.2. The number of hydrogen-bond acceptors (Lipinski definition) is 3. The molecule has 0 aliphatic carbocycles. The fourth-order valence-electron chi connectivity index (χ4n) is 1.39. The van der Waals surface area contributed by atoms with Gasteiger partial charge in [-0.3, -0.25) is 0 Å². The predicted molar refractivity (Wildman–Crippen MR) is 54.4 cm³/mol. The average Bonchev–Trinajstić information content (AvgIpc) is 2.36. The van der Waals surface area contributed by atoms with Gasteiger partial charge in [0.2, 0.25) is 0 Å². The summed E-state index contributed by atoms with van der Waals surface area (Å²) in [5.74, 6) is -3.98. The molecule has 2 rings (SSSR count). The van der Waals surface area contributed by atoms with Crippen LogP contribution in [0.3, 0.4) is 0 Å². The van der Waals surface area contributed by atoms with Gasteiger partial charge in [-0.2, -0.15) is 0 Å². The molecule has 1 aromatic heterocycles. The first kappa shape index (κ1) is 11.5. The Hall–Kier alpha value is -1.95. The van der Waals surface area contributed by atoms with Crippen molar-refractivity contribution in [3.63, 3.8) is 0 Å². The van der Waals surface area contributed by atoms with Crippen molar-refractivity contribution in [2.75, 3.05) is 0 Å². The van der Waals surface area contributed by atoms with Crippen LogP contribution in [0.25, 0.3) is 0 Å². The van der Waals surface area contributed by atoms with Crippen LogP contribution in [0.2, 0.25) is 0 Å². The Morgan fingerprint density at radius 3 is 2.29 bits per heavy atom. The molecular weight excluding hydrogens is 231 g/mol. The highest BCUT2D eigenvalue weighted by molar-refractivity contribution is 5.27. The van der Waals surface area contributed by atoms with E-state index >= 15 is 0 Å². The van der Waals surface area contributed by atoms with Gasteiger partial charge >= 0.3 is 0 Å². The Bertz CT molecular complexity index is 531. The Kier molecular flexibility index (Phi) is 3.06. The summed E-state index contributed by atoms with van der Waals surface area (Å²) in [4.78, 5) is 7.66. The molecule has 2 aromatic rings. The third-order valence-electron chi connectivity index (χ3n) is 2.26. The normalized spacial score (nSPS) is 12.5. The molecule has 0 fully saturated rings. The van der Waals surface area contributed by atoms with Crippen LogP contribution in [0.4, 0.5) is 13.2 Å². The Morgan fingerprint density at radius 2 is 1.65 bits per heavy atom. The SMILES string of the molecule is NC(c1ncccn1)c1ccc(F)c(F)c1F. The fourth-order valence-corrected chi connectivity index (χ4v) is 1.39. The van der Waals surface area contributed by atoms with Crippen molar-refractivity contribution in [2.45, 2.75) is 6.04 Å². The van der Waals surface area contributed by atoms with Gasteiger partial charge in [0.25, 0.3) is 0 Å². The molecule has 1 atom stereocenters. The number of nitrogens with zero attached hydrogens (tertiary/aromatic N) is 2. The molecule has 0 aliphatic rings. The summed E-state index contributed by atoms with van der Waals surface area (Å²) in [5.41, 5.74) is 5.50. The molecular formula is C11H8F3N3. The topological polar surface area (TPSA) is 51.8 Å². The first-order valence-electron chi connectivity index (χ1n) is 4.77. The minimum atomic E-state index is -1.55. The lowest BCUT2D eigenvalue weighted by atomic mass is 10.1. The quantitative estimate of drug-likeness (QED) is 0.815. The van der Waals surface area contributed by atoms with Crippen molar-refractivity contribution in [1.82, 2.24) is 9.97 Å². The lowest BCUT2D eigenvalue weighted by Crippen LogP contribution is -2.17. The molecule has 88 valence electrons. The second-order valence-corrected chi connectivity index (χ2v) is 3.35. The van der Waals surface area contributed by atoms with E-state index in [9.17, 15) is 13.2 Å². The van der Waals surface area contributed by atoms with Gasteiger partial charge in [-0.15, -0.1) is 0 Å². The van der Waals surface area contributed by atoms with Crippen LogP contribution in [0.15, 0.2) is 30.6 Å². The van der Waals surface area contributed by atoms with Crippen molar-refractivity contribution in [3.05, 3.63) is 59.4 Å². The molecule has 2 N–H and O–H groups in total. The summed E-state index contributed by atoms with van der Waals surface area (Å²) in [6.45, 7) is 0. The first-order chi connectivity index (χ1) is 8.11. The summed E-state index contributed by atoms with van der Waals surface area (Å²) in [6, 6.07) is 2.43. The minimum Gasteiger partial charge on any atom is -0.318 e. The average molecular weight is 239 g/mol. The van der Waals surface area contributed by atoms with Crippen molar-refractivity contribution in [3.8, 4) is 0 Å². The minimum absolute atomic E-state index is 0.136. The summed E-state index contributed by atoms with van der Waals surface area (Å²) >= 11 is 0. The number of aromatic nitrogens is 2. The number of benzene rings is 1. The molecule has 1 heterocycles.